The van der Waals surface area contributed by atoms with Crippen molar-refractivity contribution < 1.29 is 12.6 Å². The Bertz CT molecular complexity index is 1260. The Morgan fingerprint density at radius 1 is 0.692 bits per heavy atom. The molecule has 0 saturated heterocycles. The van der Waals surface area contributed by atoms with E-state index in [1.807, 2.05) is 48.5 Å². The van der Waals surface area contributed by atoms with Gasteiger partial charge < -0.3 is 4.18 Å². The Hall–Kier alpha value is -2.85. The lowest BCUT2D eigenvalue weighted by Crippen LogP contribution is -2.10. The molecule has 0 aromatic heterocycles. The zero-order valence-corrected chi connectivity index (χ0v) is 14.8. The summed E-state index contributed by atoms with van der Waals surface area (Å²) in [4.78, 5) is 0.230. The van der Waals surface area contributed by atoms with E-state index < -0.39 is 10.1 Å². The fourth-order valence-corrected chi connectivity index (χ4v) is 5.02. The average Bonchev–Trinajstić information content (AvgIpc) is 3.07. The lowest BCUT2D eigenvalue weighted by Gasteiger charge is -2.12. The first kappa shape index (κ1) is 15.4. The normalized spacial score (nSPS) is 13.4. The largest absolute Gasteiger partial charge is 0.378 e. The molecule has 0 heterocycles. The summed E-state index contributed by atoms with van der Waals surface area (Å²) in [5.74, 6) is 0.353. The van der Waals surface area contributed by atoms with Gasteiger partial charge in [-0.1, -0.05) is 60.7 Å². The van der Waals surface area contributed by atoms with Gasteiger partial charge in [0.25, 0.3) is 0 Å². The van der Waals surface area contributed by atoms with E-state index in [2.05, 4.69) is 6.07 Å². The molecule has 4 aromatic carbocycles. The van der Waals surface area contributed by atoms with Gasteiger partial charge in [-0.2, -0.15) is 8.42 Å². The molecule has 0 amide bonds. The van der Waals surface area contributed by atoms with E-state index in [-0.39, 0.29) is 4.90 Å². The van der Waals surface area contributed by atoms with E-state index >= 15 is 0 Å². The highest BCUT2D eigenvalue weighted by atomic mass is 32.2. The maximum Gasteiger partial charge on any atom is 0.339 e. The molecule has 0 bridgehead atoms. The summed E-state index contributed by atoms with van der Waals surface area (Å²) in [7, 11) is -3.94. The van der Waals surface area contributed by atoms with Gasteiger partial charge in [0.2, 0.25) is 0 Å². The lowest BCUT2D eigenvalue weighted by atomic mass is 10.1. The molecule has 0 aliphatic heterocycles. The van der Waals surface area contributed by atoms with Crippen molar-refractivity contribution in [1.82, 2.24) is 0 Å². The van der Waals surface area contributed by atoms with Gasteiger partial charge in [-0.05, 0) is 46.9 Å². The van der Waals surface area contributed by atoms with Crippen LogP contribution < -0.4 is 4.18 Å². The zero-order chi connectivity index (χ0) is 17.7. The molecule has 3 nitrogen and oxygen atoms in total. The Morgan fingerprint density at radius 3 is 2.27 bits per heavy atom. The Kier molecular flexibility index (Phi) is 3.31. The molecule has 0 saturated carbocycles. The molecule has 1 aliphatic carbocycles. The van der Waals surface area contributed by atoms with Gasteiger partial charge in [0.15, 0.2) is 5.75 Å². The number of aryl methyl sites for hydroxylation is 2. The van der Waals surface area contributed by atoms with Gasteiger partial charge in [0.1, 0.15) is 4.90 Å². The standard InChI is InChI=1S/C22H16O3S/c23-26(24,25-20-10-4-6-15-5-1-2-8-18(15)20)21-14-13-17-12-11-16-7-3-9-19(21)22(16)17/h1-10,13-14H,11-12H2. The van der Waals surface area contributed by atoms with Crippen molar-refractivity contribution in [3.63, 3.8) is 0 Å². The van der Waals surface area contributed by atoms with Crippen LogP contribution in [0.1, 0.15) is 11.1 Å². The summed E-state index contributed by atoms with van der Waals surface area (Å²) >= 11 is 0. The highest BCUT2D eigenvalue weighted by Gasteiger charge is 2.24. The molecule has 26 heavy (non-hydrogen) atoms. The molecule has 4 aromatic rings. The van der Waals surface area contributed by atoms with E-state index in [0.29, 0.717) is 5.75 Å². The summed E-state index contributed by atoms with van der Waals surface area (Å²) in [6.07, 6.45) is 1.92. The van der Waals surface area contributed by atoms with Crippen molar-refractivity contribution in [3.8, 4) is 5.75 Å². The van der Waals surface area contributed by atoms with Gasteiger partial charge in [-0.15, -0.1) is 0 Å². The maximum absolute atomic E-state index is 13.1. The molecule has 128 valence electrons. The number of rotatable bonds is 3. The third-order valence-electron chi connectivity index (χ3n) is 5.06. The minimum Gasteiger partial charge on any atom is -0.378 e. The van der Waals surface area contributed by atoms with Crippen molar-refractivity contribution in [2.24, 2.45) is 0 Å². The summed E-state index contributed by atoms with van der Waals surface area (Å²) in [6.45, 7) is 0. The van der Waals surface area contributed by atoms with E-state index in [1.54, 1.807) is 18.2 Å². The summed E-state index contributed by atoms with van der Waals surface area (Å²) < 4.78 is 31.7. The van der Waals surface area contributed by atoms with Crippen molar-refractivity contribution in [2.75, 3.05) is 0 Å². The Morgan fingerprint density at radius 2 is 1.38 bits per heavy atom. The van der Waals surface area contributed by atoms with Crippen LogP contribution in [0.3, 0.4) is 0 Å². The summed E-state index contributed by atoms with van der Waals surface area (Å²) in [6, 6.07) is 22.5. The highest BCUT2D eigenvalue weighted by molar-refractivity contribution is 7.87. The van der Waals surface area contributed by atoms with E-state index in [4.69, 9.17) is 4.18 Å². The first-order valence-electron chi connectivity index (χ1n) is 8.59. The minimum atomic E-state index is -3.94. The lowest BCUT2D eigenvalue weighted by molar-refractivity contribution is 0.489. The second kappa shape index (κ2) is 5.58. The van der Waals surface area contributed by atoms with Gasteiger partial charge in [0.05, 0.1) is 0 Å². The smallest absolute Gasteiger partial charge is 0.339 e. The van der Waals surface area contributed by atoms with Gasteiger partial charge in [-0.3, -0.25) is 0 Å². The van der Waals surface area contributed by atoms with Crippen LogP contribution in [0.5, 0.6) is 5.75 Å². The predicted molar refractivity (Wildman–Crippen MR) is 103 cm³/mol. The Labute approximate surface area is 152 Å². The van der Waals surface area contributed by atoms with E-state index in [1.165, 1.54) is 11.1 Å². The van der Waals surface area contributed by atoms with Gasteiger partial charge in [-0.25, -0.2) is 0 Å². The van der Waals surface area contributed by atoms with Crippen molar-refractivity contribution in [2.45, 2.75) is 17.7 Å². The number of hydrogen-bond acceptors (Lipinski definition) is 3. The van der Waals surface area contributed by atoms with Crippen LogP contribution in [0.15, 0.2) is 77.7 Å². The highest BCUT2D eigenvalue weighted by Crippen LogP contribution is 2.36. The van der Waals surface area contributed by atoms with Gasteiger partial charge >= 0.3 is 10.1 Å². The summed E-state index contributed by atoms with van der Waals surface area (Å²) in [5.41, 5.74) is 2.42. The Balaban J connectivity index is 1.68. The molecule has 0 spiro atoms. The average molecular weight is 360 g/mol. The van der Waals surface area contributed by atoms with Crippen LogP contribution >= 0.6 is 0 Å². The molecule has 0 radical (unpaired) electrons. The van der Waals surface area contributed by atoms with Gasteiger partial charge in [0, 0.05) is 10.8 Å². The van der Waals surface area contributed by atoms with Crippen LogP contribution in [0.25, 0.3) is 21.5 Å². The number of fused-ring (bicyclic) bond motifs is 1. The van der Waals surface area contributed by atoms with Crippen LogP contribution in [0, 0.1) is 0 Å². The quantitative estimate of drug-likeness (QED) is 0.490. The van der Waals surface area contributed by atoms with Crippen molar-refractivity contribution in [1.29, 1.82) is 0 Å². The molecule has 0 N–H and O–H groups in total. The predicted octanol–water partition coefficient (Wildman–Crippen LogP) is 4.86. The van der Waals surface area contributed by atoms with Crippen LogP contribution in [0.4, 0.5) is 0 Å². The zero-order valence-electron chi connectivity index (χ0n) is 14.0. The third kappa shape index (κ3) is 2.30. The second-order valence-electron chi connectivity index (χ2n) is 6.58. The molecule has 0 unspecified atom stereocenters. The van der Waals surface area contributed by atoms with E-state index in [9.17, 15) is 8.42 Å². The van der Waals surface area contributed by atoms with Crippen molar-refractivity contribution >= 4 is 31.7 Å². The topological polar surface area (TPSA) is 43.4 Å². The number of hydrogen-bond donors (Lipinski definition) is 0. The maximum atomic E-state index is 13.1. The van der Waals surface area contributed by atoms with Crippen LogP contribution in [0.2, 0.25) is 0 Å². The molecule has 0 fully saturated rings. The van der Waals surface area contributed by atoms with Crippen LogP contribution in [-0.2, 0) is 23.0 Å². The molecule has 4 heteroatoms. The first-order valence-corrected chi connectivity index (χ1v) is 10.00. The SMILES string of the molecule is O=S(=O)(Oc1cccc2ccccc12)c1ccc2c3c(cccc13)CC2. The van der Waals surface area contributed by atoms with Crippen molar-refractivity contribution in [3.05, 3.63) is 83.9 Å². The summed E-state index contributed by atoms with van der Waals surface area (Å²) in [5, 5.41) is 3.54. The minimum absolute atomic E-state index is 0.230. The molecule has 0 atom stereocenters. The molecular weight excluding hydrogens is 344 g/mol. The fourth-order valence-electron chi connectivity index (χ4n) is 3.87. The molecule has 1 aliphatic rings. The second-order valence-corrected chi connectivity index (χ2v) is 8.09. The third-order valence-corrected chi connectivity index (χ3v) is 6.35. The van der Waals surface area contributed by atoms with Crippen LogP contribution in [-0.4, -0.2) is 8.42 Å². The fraction of sp³-hybridized carbons (Fsp3) is 0.0909. The van der Waals surface area contributed by atoms with E-state index in [0.717, 1.165) is 34.4 Å². The molecule has 5 rings (SSSR count). The number of benzene rings is 4. The monoisotopic (exact) mass is 360 g/mol. The first-order chi connectivity index (χ1) is 12.6. The molecular formula is C22H16O3S.